The van der Waals surface area contributed by atoms with Gasteiger partial charge in [0.1, 0.15) is 16.7 Å². The quantitative estimate of drug-likeness (QED) is 0.866. The lowest BCUT2D eigenvalue weighted by molar-refractivity contribution is 0.445. The van der Waals surface area contributed by atoms with Crippen molar-refractivity contribution in [2.45, 2.75) is 30.0 Å². The van der Waals surface area contributed by atoms with Gasteiger partial charge in [0, 0.05) is 10.8 Å². The molecular weight excluding hydrogens is 304 g/mol. The number of hydrogen-bond acceptors (Lipinski definition) is 4. The minimum absolute atomic E-state index is 0.147. The van der Waals surface area contributed by atoms with E-state index < -0.39 is 0 Å². The van der Waals surface area contributed by atoms with Gasteiger partial charge < -0.3 is 5.11 Å². The van der Waals surface area contributed by atoms with Crippen molar-refractivity contribution in [2.24, 2.45) is 0 Å². The summed E-state index contributed by atoms with van der Waals surface area (Å²) in [7, 11) is 0. The molecule has 0 spiro atoms. The van der Waals surface area contributed by atoms with Crippen LogP contribution in [0.25, 0.3) is 0 Å². The summed E-state index contributed by atoms with van der Waals surface area (Å²) in [5, 5.41) is 20.6. The predicted octanol–water partition coefficient (Wildman–Crippen LogP) is 4.09. The minimum Gasteiger partial charge on any atom is -0.492 e. The summed E-state index contributed by atoms with van der Waals surface area (Å²) in [6, 6.07) is 9.78. The molecule has 1 aromatic heterocycles. The molecule has 21 heavy (non-hydrogen) atoms. The highest BCUT2D eigenvalue weighted by atomic mass is 35.5. The number of fused-ring (bicyclic) bond motifs is 1. The number of nitriles is 1. The molecule has 0 aliphatic heterocycles. The number of nitrogens with zero attached hydrogens (tertiary/aromatic N) is 2. The molecule has 3 rings (SSSR count). The van der Waals surface area contributed by atoms with Crippen LogP contribution < -0.4 is 0 Å². The van der Waals surface area contributed by atoms with E-state index in [9.17, 15) is 5.11 Å². The van der Waals surface area contributed by atoms with Crippen LogP contribution >= 0.6 is 23.4 Å². The molecule has 0 unspecified atom stereocenters. The van der Waals surface area contributed by atoms with Crippen LogP contribution in [0.4, 0.5) is 0 Å². The zero-order valence-electron chi connectivity index (χ0n) is 11.3. The van der Waals surface area contributed by atoms with Gasteiger partial charge in [0.25, 0.3) is 0 Å². The SMILES string of the molecule is N#Cc1c(O)nc(SCc2cccc(Cl)c2)c2c1CCC2. The zero-order valence-corrected chi connectivity index (χ0v) is 12.8. The average molecular weight is 317 g/mol. The van der Waals surface area contributed by atoms with Crippen LogP contribution in [0.15, 0.2) is 29.3 Å². The molecule has 1 aliphatic carbocycles. The largest absolute Gasteiger partial charge is 0.492 e. The topological polar surface area (TPSA) is 56.9 Å². The van der Waals surface area contributed by atoms with Crippen molar-refractivity contribution in [1.29, 1.82) is 5.26 Å². The van der Waals surface area contributed by atoms with Gasteiger partial charge in [-0.15, -0.1) is 11.8 Å². The Morgan fingerprint density at radius 3 is 2.90 bits per heavy atom. The maximum Gasteiger partial charge on any atom is 0.230 e. The van der Waals surface area contributed by atoms with Gasteiger partial charge in [-0.05, 0) is 48.1 Å². The maximum absolute atomic E-state index is 9.93. The Labute approximate surface area is 132 Å². The van der Waals surface area contributed by atoms with Crippen molar-refractivity contribution in [3.05, 3.63) is 51.5 Å². The third-order valence-electron chi connectivity index (χ3n) is 3.59. The molecular formula is C16H13ClN2OS. The van der Waals surface area contributed by atoms with E-state index in [1.54, 1.807) is 11.8 Å². The van der Waals surface area contributed by atoms with Crippen LogP contribution in [0, 0.1) is 11.3 Å². The monoisotopic (exact) mass is 316 g/mol. The number of halogens is 1. The summed E-state index contributed by atoms with van der Waals surface area (Å²) in [6.07, 6.45) is 2.79. The molecule has 1 aliphatic rings. The molecule has 5 heteroatoms. The number of hydrogen-bond donors (Lipinski definition) is 1. The molecule has 0 amide bonds. The van der Waals surface area contributed by atoms with E-state index in [2.05, 4.69) is 11.1 Å². The van der Waals surface area contributed by atoms with Crippen molar-refractivity contribution >= 4 is 23.4 Å². The van der Waals surface area contributed by atoms with E-state index in [1.807, 2.05) is 24.3 Å². The fourth-order valence-electron chi connectivity index (χ4n) is 2.63. The van der Waals surface area contributed by atoms with Gasteiger partial charge >= 0.3 is 0 Å². The second-order valence-electron chi connectivity index (χ2n) is 4.96. The Balaban J connectivity index is 1.89. The smallest absolute Gasteiger partial charge is 0.230 e. The molecule has 106 valence electrons. The van der Waals surface area contributed by atoms with Crippen LogP contribution in [0.5, 0.6) is 5.88 Å². The maximum atomic E-state index is 9.93. The molecule has 2 aromatic rings. The average Bonchev–Trinajstić information content (AvgIpc) is 2.94. The Bertz CT molecular complexity index is 740. The Kier molecular flexibility index (Phi) is 4.05. The second-order valence-corrected chi connectivity index (χ2v) is 6.36. The van der Waals surface area contributed by atoms with Gasteiger partial charge in [-0.1, -0.05) is 23.7 Å². The predicted molar refractivity (Wildman–Crippen MR) is 83.7 cm³/mol. The Morgan fingerprint density at radius 1 is 1.33 bits per heavy atom. The number of pyridine rings is 1. The molecule has 1 N–H and O–H groups in total. The van der Waals surface area contributed by atoms with Crippen LogP contribution in [-0.4, -0.2) is 10.1 Å². The highest BCUT2D eigenvalue weighted by Crippen LogP contribution is 2.37. The molecule has 0 atom stereocenters. The number of aromatic hydroxyl groups is 1. The molecule has 3 nitrogen and oxygen atoms in total. The highest BCUT2D eigenvalue weighted by molar-refractivity contribution is 7.98. The van der Waals surface area contributed by atoms with E-state index >= 15 is 0 Å². The number of thioether (sulfide) groups is 1. The first-order valence-corrected chi connectivity index (χ1v) is 8.07. The molecule has 0 radical (unpaired) electrons. The van der Waals surface area contributed by atoms with Crippen LogP contribution in [0.3, 0.4) is 0 Å². The fourth-order valence-corrected chi connectivity index (χ4v) is 3.87. The van der Waals surface area contributed by atoms with Crippen molar-refractivity contribution in [1.82, 2.24) is 4.98 Å². The molecule has 0 saturated heterocycles. The second kappa shape index (κ2) is 5.97. The normalized spacial score (nSPS) is 13.0. The molecule has 1 aromatic carbocycles. The van der Waals surface area contributed by atoms with Crippen molar-refractivity contribution in [3.8, 4) is 11.9 Å². The van der Waals surface area contributed by atoms with E-state index in [0.29, 0.717) is 10.6 Å². The minimum atomic E-state index is -0.147. The van der Waals surface area contributed by atoms with Crippen molar-refractivity contribution in [2.75, 3.05) is 0 Å². The highest BCUT2D eigenvalue weighted by Gasteiger charge is 2.23. The van der Waals surface area contributed by atoms with E-state index in [1.165, 1.54) is 0 Å². The number of benzene rings is 1. The van der Waals surface area contributed by atoms with Gasteiger partial charge in [0.05, 0.1) is 0 Å². The number of aromatic nitrogens is 1. The first kappa shape index (κ1) is 14.2. The molecule has 0 bridgehead atoms. The van der Waals surface area contributed by atoms with Gasteiger partial charge in [-0.3, -0.25) is 0 Å². The summed E-state index contributed by atoms with van der Waals surface area (Å²) in [4.78, 5) is 4.22. The van der Waals surface area contributed by atoms with E-state index in [4.69, 9.17) is 16.9 Å². The first-order chi connectivity index (χ1) is 10.2. The van der Waals surface area contributed by atoms with Gasteiger partial charge in [0.15, 0.2) is 0 Å². The third kappa shape index (κ3) is 2.85. The lowest BCUT2D eigenvalue weighted by atomic mass is 10.1. The summed E-state index contributed by atoms with van der Waals surface area (Å²) < 4.78 is 0. The first-order valence-electron chi connectivity index (χ1n) is 6.71. The third-order valence-corrected chi connectivity index (χ3v) is 4.91. The van der Waals surface area contributed by atoms with E-state index in [-0.39, 0.29) is 5.88 Å². The summed E-state index contributed by atoms with van der Waals surface area (Å²) in [6.45, 7) is 0. The standard InChI is InChI=1S/C16H13ClN2OS/c17-11-4-1-3-10(7-11)9-21-16-13-6-2-5-12(13)14(8-18)15(20)19-16/h1,3-4,7H,2,5-6,9H2,(H,19,20). The summed E-state index contributed by atoms with van der Waals surface area (Å²) >= 11 is 7.57. The molecule has 0 saturated carbocycles. The van der Waals surface area contributed by atoms with Gasteiger partial charge in [0.2, 0.25) is 5.88 Å². The lowest BCUT2D eigenvalue weighted by Crippen LogP contribution is -1.97. The summed E-state index contributed by atoms with van der Waals surface area (Å²) in [5.74, 6) is 0.595. The fraction of sp³-hybridized carbons (Fsp3) is 0.250. The van der Waals surface area contributed by atoms with E-state index in [0.717, 1.165) is 46.7 Å². The van der Waals surface area contributed by atoms with Crippen molar-refractivity contribution in [3.63, 3.8) is 0 Å². The van der Waals surface area contributed by atoms with Crippen LogP contribution in [0.1, 0.15) is 28.7 Å². The molecule has 1 heterocycles. The summed E-state index contributed by atoms with van der Waals surface area (Å²) in [5.41, 5.74) is 3.55. The van der Waals surface area contributed by atoms with Crippen LogP contribution in [0.2, 0.25) is 5.02 Å². The van der Waals surface area contributed by atoms with Crippen LogP contribution in [-0.2, 0) is 18.6 Å². The zero-order chi connectivity index (χ0) is 14.8. The van der Waals surface area contributed by atoms with Crippen molar-refractivity contribution < 1.29 is 5.11 Å². The Morgan fingerprint density at radius 2 is 2.14 bits per heavy atom. The van der Waals surface area contributed by atoms with Gasteiger partial charge in [-0.2, -0.15) is 5.26 Å². The Hall–Kier alpha value is -1.70. The van der Waals surface area contributed by atoms with Gasteiger partial charge in [-0.25, -0.2) is 4.98 Å². The number of rotatable bonds is 3. The molecule has 0 fully saturated rings. The lowest BCUT2D eigenvalue weighted by Gasteiger charge is -2.10.